The minimum absolute atomic E-state index is 0. The van der Waals surface area contributed by atoms with Crippen molar-refractivity contribution in [3.05, 3.63) is 310 Å². The molecule has 16 rings (SSSR count). The fraction of sp³-hybridized carbons (Fsp3) is 0. The molecule has 13 aromatic carbocycles. The first-order chi connectivity index (χ1) is 41.6. The number of nitrogens with zero attached hydrogens (tertiary/aromatic N) is 3. The first-order valence-corrected chi connectivity index (χ1v) is 28.5. The van der Waals surface area contributed by atoms with Crippen LogP contribution in [0, 0.1) is 18.2 Å². The molecule has 0 spiro atoms. The standard InChI is InChI=1S/C81H48N3.Ir/c1-2-16-52(17-3-1)53-30-32-54(33-31-53)57-42-45-82-79(51-57)56-36-34-55(35-37-56)63-18-4-7-21-66(63)60-46-61(67-22-8-5-19-64(67)58-38-40-75-77(49-58)71-26-12-10-24-69(71)73-28-14-43-83-80(73)75)48-62(47-60)68-23-9-6-20-65(68)59-39-41-76-78(50-59)72-27-13-11-25-70(72)74-29-15-44-84-81(74)76;/h1-36,38-39,42-51H;/q-3;+3. The van der Waals surface area contributed by atoms with E-state index < -0.39 is 0 Å². The van der Waals surface area contributed by atoms with Gasteiger partial charge < -0.3 is 15.0 Å². The maximum absolute atomic E-state index is 4.90. The van der Waals surface area contributed by atoms with Crippen LogP contribution in [0.1, 0.15) is 0 Å². The molecule has 0 aliphatic carbocycles. The van der Waals surface area contributed by atoms with Crippen LogP contribution < -0.4 is 0 Å². The summed E-state index contributed by atoms with van der Waals surface area (Å²) in [6.07, 6.45) is 5.66. The van der Waals surface area contributed by atoms with Crippen LogP contribution in [0.25, 0.3) is 165 Å². The van der Waals surface area contributed by atoms with Gasteiger partial charge in [0, 0.05) is 18.6 Å². The van der Waals surface area contributed by atoms with Crippen molar-refractivity contribution in [3.8, 4) is 100 Å². The molecule has 396 valence electrons. The minimum Gasteiger partial charge on any atom is -0.305 e. The molecule has 3 aromatic heterocycles. The Hall–Kier alpha value is -10.5. The molecule has 0 fully saturated rings. The third-order valence-electron chi connectivity index (χ3n) is 16.7. The Morgan fingerprint density at radius 1 is 0.224 bits per heavy atom. The fourth-order valence-corrected chi connectivity index (χ4v) is 12.7. The van der Waals surface area contributed by atoms with Crippen LogP contribution >= 0.6 is 0 Å². The Morgan fingerprint density at radius 3 is 1.07 bits per heavy atom. The first kappa shape index (κ1) is 51.4. The topological polar surface area (TPSA) is 38.7 Å². The van der Waals surface area contributed by atoms with Gasteiger partial charge in [0.1, 0.15) is 0 Å². The molecule has 0 N–H and O–H groups in total. The third kappa shape index (κ3) is 9.17. The van der Waals surface area contributed by atoms with Crippen molar-refractivity contribution in [3.63, 3.8) is 0 Å². The average molecular weight is 1260 g/mol. The van der Waals surface area contributed by atoms with Gasteiger partial charge in [-0.2, -0.15) is 0 Å². The molecule has 3 nitrogen and oxygen atoms in total. The van der Waals surface area contributed by atoms with Crippen LogP contribution in [0.2, 0.25) is 0 Å². The molecule has 0 amide bonds. The zero-order valence-corrected chi connectivity index (χ0v) is 48.3. The first-order valence-electron chi connectivity index (χ1n) is 28.5. The largest absolute Gasteiger partial charge is 3.00 e. The molecule has 0 saturated carbocycles. The van der Waals surface area contributed by atoms with E-state index in [1.165, 1.54) is 32.7 Å². The normalized spacial score (nSPS) is 11.4. The molecule has 4 heteroatoms. The summed E-state index contributed by atoms with van der Waals surface area (Å²) in [6.45, 7) is 0. The van der Waals surface area contributed by atoms with Crippen LogP contribution in [0.4, 0.5) is 0 Å². The predicted octanol–water partition coefficient (Wildman–Crippen LogP) is 21.2. The maximum atomic E-state index is 4.90. The monoisotopic (exact) mass is 1260 g/mol. The number of pyridine rings is 3. The summed E-state index contributed by atoms with van der Waals surface area (Å²) in [7, 11) is 0. The van der Waals surface area contributed by atoms with Gasteiger partial charge in [0.2, 0.25) is 0 Å². The van der Waals surface area contributed by atoms with Crippen molar-refractivity contribution in [2.45, 2.75) is 0 Å². The summed E-state index contributed by atoms with van der Waals surface area (Å²) < 4.78 is 0. The summed E-state index contributed by atoms with van der Waals surface area (Å²) in [6, 6.07) is 109. The quantitative estimate of drug-likeness (QED) is 0.107. The van der Waals surface area contributed by atoms with E-state index in [9.17, 15) is 0 Å². The van der Waals surface area contributed by atoms with E-state index in [0.29, 0.717) is 0 Å². The van der Waals surface area contributed by atoms with Gasteiger partial charge in [0.15, 0.2) is 0 Å². The van der Waals surface area contributed by atoms with Gasteiger partial charge in [0.05, 0.1) is 0 Å². The Bertz CT molecular complexity index is 4960. The number of aromatic nitrogens is 3. The van der Waals surface area contributed by atoms with Gasteiger partial charge >= 0.3 is 20.1 Å². The molecule has 85 heavy (non-hydrogen) atoms. The van der Waals surface area contributed by atoms with Crippen molar-refractivity contribution in [2.24, 2.45) is 0 Å². The second-order valence-corrected chi connectivity index (χ2v) is 21.5. The van der Waals surface area contributed by atoms with Crippen molar-refractivity contribution in [1.29, 1.82) is 0 Å². The van der Waals surface area contributed by atoms with Gasteiger partial charge in [-0.15, -0.1) is 77.0 Å². The van der Waals surface area contributed by atoms with Crippen LogP contribution in [0.15, 0.2) is 292 Å². The van der Waals surface area contributed by atoms with Gasteiger partial charge in [-0.3, -0.25) is 0 Å². The summed E-state index contributed by atoms with van der Waals surface area (Å²) in [5.41, 5.74) is 21.6. The van der Waals surface area contributed by atoms with E-state index in [1.54, 1.807) is 0 Å². The van der Waals surface area contributed by atoms with Crippen molar-refractivity contribution in [1.82, 2.24) is 15.0 Å². The molecule has 0 saturated heterocycles. The summed E-state index contributed by atoms with van der Waals surface area (Å²) >= 11 is 0. The average Bonchev–Trinajstić information content (AvgIpc) is 2.51. The Morgan fingerprint density at radius 2 is 0.600 bits per heavy atom. The van der Waals surface area contributed by atoms with E-state index in [4.69, 9.17) is 15.0 Å². The smallest absolute Gasteiger partial charge is 0.305 e. The van der Waals surface area contributed by atoms with E-state index in [2.05, 4.69) is 279 Å². The van der Waals surface area contributed by atoms with Crippen molar-refractivity contribution >= 4 is 64.9 Å². The third-order valence-corrected chi connectivity index (χ3v) is 16.7. The molecule has 3 heterocycles. The minimum atomic E-state index is 0. The van der Waals surface area contributed by atoms with E-state index in [-0.39, 0.29) is 20.1 Å². The van der Waals surface area contributed by atoms with Gasteiger partial charge in [-0.1, -0.05) is 249 Å². The van der Waals surface area contributed by atoms with Crippen LogP contribution in [-0.2, 0) is 20.1 Å². The predicted molar refractivity (Wildman–Crippen MR) is 350 cm³/mol. The second-order valence-electron chi connectivity index (χ2n) is 21.5. The molecule has 0 aliphatic rings. The molecular formula is C81H48IrN3. The number of hydrogen-bond acceptors (Lipinski definition) is 3. The molecular weight excluding hydrogens is 1210 g/mol. The summed E-state index contributed by atoms with van der Waals surface area (Å²) in [5.74, 6) is 0. The van der Waals surface area contributed by atoms with Crippen molar-refractivity contribution in [2.75, 3.05) is 0 Å². The molecule has 0 aliphatic heterocycles. The molecule has 0 atom stereocenters. The van der Waals surface area contributed by atoms with Crippen molar-refractivity contribution < 1.29 is 20.1 Å². The van der Waals surface area contributed by atoms with Gasteiger partial charge in [0.25, 0.3) is 0 Å². The van der Waals surface area contributed by atoms with E-state index in [1.807, 2.05) is 30.7 Å². The Labute approximate surface area is 506 Å². The fourth-order valence-electron chi connectivity index (χ4n) is 12.7. The summed E-state index contributed by atoms with van der Waals surface area (Å²) in [4.78, 5) is 14.6. The maximum Gasteiger partial charge on any atom is 3.00 e. The zero-order chi connectivity index (χ0) is 55.5. The van der Waals surface area contributed by atoms with E-state index >= 15 is 0 Å². The Kier molecular flexibility index (Phi) is 13.1. The van der Waals surface area contributed by atoms with Crippen LogP contribution in [-0.4, -0.2) is 15.0 Å². The zero-order valence-electron chi connectivity index (χ0n) is 45.9. The molecule has 0 bridgehead atoms. The number of benzene rings is 13. The molecule has 16 aromatic rings. The van der Waals surface area contributed by atoms with Crippen LogP contribution in [0.5, 0.6) is 0 Å². The van der Waals surface area contributed by atoms with Gasteiger partial charge in [-0.25, -0.2) is 0 Å². The Balaban J connectivity index is 0.00000613. The molecule has 0 radical (unpaired) electrons. The summed E-state index contributed by atoms with van der Waals surface area (Å²) in [5, 5.41) is 11.3. The number of hydrogen-bond donors (Lipinski definition) is 0. The number of rotatable bonds is 9. The van der Waals surface area contributed by atoms with Gasteiger partial charge in [-0.05, 0) is 130 Å². The molecule has 0 unspecified atom stereocenters. The van der Waals surface area contributed by atoms with E-state index in [0.717, 1.165) is 132 Å². The number of fused-ring (bicyclic) bond motifs is 12. The SMILES string of the molecule is [Ir+3].[c-]1cc(-c2ccccc2-c2cc(-c3ccccc3-c3c[c-]c4c(c3)c3ccccc3c3cccnc43)cc(-c3ccccc3-c3c[c-]c4c(c3)c3ccccc3c3cccnc43)c2)ccc1-c1cc(-c2ccc(-c3ccccc3)cc2)ccn1. The van der Waals surface area contributed by atoms with Crippen LogP contribution in [0.3, 0.4) is 0 Å². The second kappa shape index (κ2) is 21.7.